The van der Waals surface area contributed by atoms with Gasteiger partial charge in [-0.15, -0.1) is 0 Å². The summed E-state index contributed by atoms with van der Waals surface area (Å²) in [6, 6.07) is 13.5. The first-order chi connectivity index (χ1) is 11.8. The highest BCUT2D eigenvalue weighted by molar-refractivity contribution is 5.64. The third kappa shape index (κ3) is 4.19. The Morgan fingerprint density at radius 2 is 1.83 bits per heavy atom. The Bertz CT molecular complexity index is 779. The van der Waals surface area contributed by atoms with E-state index in [1.807, 2.05) is 49.4 Å². The summed E-state index contributed by atoms with van der Waals surface area (Å²) in [7, 11) is 0. The molecule has 0 fully saturated rings. The minimum Gasteiger partial charge on any atom is -0.492 e. The number of aromatic nitrogens is 3. The molecule has 0 radical (unpaired) electrons. The highest BCUT2D eigenvalue weighted by atomic mass is 16.5. The molecule has 6 nitrogen and oxygen atoms in total. The van der Waals surface area contributed by atoms with Crippen LogP contribution in [0.5, 0.6) is 5.75 Å². The first kappa shape index (κ1) is 15.7. The van der Waals surface area contributed by atoms with Gasteiger partial charge in [-0.05, 0) is 42.8 Å². The molecular formula is C18H19N5O. The molecule has 2 N–H and O–H groups in total. The molecule has 0 spiro atoms. The second-order valence-electron chi connectivity index (χ2n) is 5.03. The van der Waals surface area contributed by atoms with Gasteiger partial charge in [-0.2, -0.15) is 4.98 Å². The molecule has 2 heterocycles. The highest BCUT2D eigenvalue weighted by Gasteiger charge is 2.05. The number of hydrogen-bond acceptors (Lipinski definition) is 6. The number of pyridine rings is 1. The zero-order chi connectivity index (χ0) is 16.6. The lowest BCUT2D eigenvalue weighted by Crippen LogP contribution is -2.05. The third-order valence-corrected chi connectivity index (χ3v) is 3.31. The Hall–Kier alpha value is -3.15. The molecule has 0 atom stereocenters. The first-order valence-corrected chi connectivity index (χ1v) is 7.80. The van der Waals surface area contributed by atoms with Crippen LogP contribution in [0.3, 0.4) is 0 Å². The number of nitrogens with one attached hydrogen (secondary N) is 2. The lowest BCUT2D eigenvalue weighted by atomic mass is 10.3. The second-order valence-corrected chi connectivity index (χ2v) is 5.03. The molecule has 0 amide bonds. The van der Waals surface area contributed by atoms with Gasteiger partial charge in [-0.25, -0.2) is 4.98 Å². The normalized spacial score (nSPS) is 10.2. The van der Waals surface area contributed by atoms with Crippen LogP contribution >= 0.6 is 0 Å². The Morgan fingerprint density at radius 1 is 1.00 bits per heavy atom. The van der Waals surface area contributed by atoms with Crippen molar-refractivity contribution in [2.45, 2.75) is 13.5 Å². The summed E-state index contributed by atoms with van der Waals surface area (Å²) in [4.78, 5) is 12.7. The Morgan fingerprint density at radius 3 is 2.67 bits per heavy atom. The Balaban J connectivity index is 1.69. The zero-order valence-corrected chi connectivity index (χ0v) is 13.4. The van der Waals surface area contributed by atoms with Crippen molar-refractivity contribution in [1.29, 1.82) is 0 Å². The maximum absolute atomic E-state index is 5.62. The van der Waals surface area contributed by atoms with Crippen molar-refractivity contribution in [2.24, 2.45) is 0 Å². The molecule has 6 heteroatoms. The summed E-state index contributed by atoms with van der Waals surface area (Å²) in [5, 5.41) is 6.48. The van der Waals surface area contributed by atoms with Gasteiger partial charge in [-0.3, -0.25) is 4.98 Å². The maximum atomic E-state index is 5.62. The van der Waals surface area contributed by atoms with E-state index in [1.54, 1.807) is 18.6 Å². The van der Waals surface area contributed by atoms with Gasteiger partial charge in [0, 0.05) is 25.1 Å². The third-order valence-electron chi connectivity index (χ3n) is 3.31. The van der Waals surface area contributed by atoms with Crippen LogP contribution in [0.2, 0.25) is 0 Å². The average Bonchev–Trinajstić information content (AvgIpc) is 2.63. The van der Waals surface area contributed by atoms with E-state index in [2.05, 4.69) is 25.6 Å². The number of benzene rings is 1. The molecule has 0 unspecified atom stereocenters. The fourth-order valence-corrected chi connectivity index (χ4v) is 2.18. The fraction of sp³-hybridized carbons (Fsp3) is 0.167. The van der Waals surface area contributed by atoms with Gasteiger partial charge in [0.15, 0.2) is 0 Å². The van der Waals surface area contributed by atoms with Crippen LogP contribution in [0.25, 0.3) is 0 Å². The second kappa shape index (κ2) is 7.92. The quantitative estimate of drug-likeness (QED) is 0.692. The number of para-hydroxylation sites is 2. The summed E-state index contributed by atoms with van der Waals surface area (Å²) in [5.41, 5.74) is 1.99. The van der Waals surface area contributed by atoms with Gasteiger partial charge >= 0.3 is 0 Å². The predicted molar refractivity (Wildman–Crippen MR) is 94.5 cm³/mol. The molecule has 122 valence electrons. The topological polar surface area (TPSA) is 72.0 Å². The molecule has 0 aliphatic heterocycles. The smallest absolute Gasteiger partial charge is 0.224 e. The number of nitrogens with zero attached hydrogens (tertiary/aromatic N) is 3. The minimum absolute atomic E-state index is 0.561. The molecule has 0 saturated heterocycles. The molecule has 0 aliphatic rings. The summed E-state index contributed by atoms with van der Waals surface area (Å²) >= 11 is 0. The van der Waals surface area contributed by atoms with Gasteiger partial charge in [0.2, 0.25) is 5.95 Å². The van der Waals surface area contributed by atoms with Gasteiger partial charge in [0.1, 0.15) is 11.6 Å². The van der Waals surface area contributed by atoms with Crippen molar-refractivity contribution < 1.29 is 4.74 Å². The number of rotatable bonds is 7. The summed E-state index contributed by atoms with van der Waals surface area (Å²) < 4.78 is 5.62. The number of anilines is 3. The number of hydrogen-bond donors (Lipinski definition) is 2. The standard InChI is InChI=1S/C18H19N5O/c1-2-24-16-6-4-3-5-15(16)22-17-9-12-20-18(23-17)21-13-14-7-10-19-11-8-14/h3-12H,2,13H2,1H3,(H2,20,21,22,23). The van der Waals surface area contributed by atoms with Crippen molar-refractivity contribution in [1.82, 2.24) is 15.0 Å². The van der Waals surface area contributed by atoms with Crippen LogP contribution in [-0.4, -0.2) is 21.6 Å². The Labute approximate surface area is 141 Å². The first-order valence-electron chi connectivity index (χ1n) is 7.80. The lowest BCUT2D eigenvalue weighted by Gasteiger charge is -2.12. The minimum atomic E-state index is 0.561. The summed E-state index contributed by atoms with van der Waals surface area (Å²) in [6.45, 7) is 3.21. The molecule has 3 rings (SSSR count). The zero-order valence-electron chi connectivity index (χ0n) is 13.4. The van der Waals surface area contributed by atoms with E-state index < -0.39 is 0 Å². The van der Waals surface area contributed by atoms with Crippen molar-refractivity contribution in [3.63, 3.8) is 0 Å². The van der Waals surface area contributed by atoms with E-state index >= 15 is 0 Å². The van der Waals surface area contributed by atoms with Crippen molar-refractivity contribution in [3.05, 3.63) is 66.6 Å². The monoisotopic (exact) mass is 321 g/mol. The van der Waals surface area contributed by atoms with Crippen molar-refractivity contribution in [3.8, 4) is 5.75 Å². The molecule has 0 aliphatic carbocycles. The van der Waals surface area contributed by atoms with E-state index in [4.69, 9.17) is 4.74 Å². The van der Waals surface area contributed by atoms with Crippen LogP contribution in [-0.2, 0) is 6.54 Å². The molecule has 0 saturated carbocycles. The summed E-state index contributed by atoms with van der Waals surface area (Å²) in [6.07, 6.45) is 5.24. The van der Waals surface area contributed by atoms with Crippen molar-refractivity contribution in [2.75, 3.05) is 17.2 Å². The number of ether oxygens (including phenoxy) is 1. The van der Waals surface area contributed by atoms with Crippen LogP contribution in [0.1, 0.15) is 12.5 Å². The highest BCUT2D eigenvalue weighted by Crippen LogP contribution is 2.26. The van der Waals surface area contributed by atoms with E-state index in [1.165, 1.54) is 0 Å². The van der Waals surface area contributed by atoms with Crippen LogP contribution in [0, 0.1) is 0 Å². The van der Waals surface area contributed by atoms with Crippen LogP contribution in [0.4, 0.5) is 17.5 Å². The summed E-state index contributed by atoms with van der Waals surface area (Å²) in [5.74, 6) is 2.06. The molecule has 0 bridgehead atoms. The fourth-order valence-electron chi connectivity index (χ4n) is 2.18. The van der Waals surface area contributed by atoms with Crippen LogP contribution < -0.4 is 15.4 Å². The Kier molecular flexibility index (Phi) is 5.19. The van der Waals surface area contributed by atoms with E-state index in [-0.39, 0.29) is 0 Å². The van der Waals surface area contributed by atoms with Gasteiger partial charge < -0.3 is 15.4 Å². The van der Waals surface area contributed by atoms with Crippen LogP contribution in [0.15, 0.2) is 61.1 Å². The molecule has 24 heavy (non-hydrogen) atoms. The lowest BCUT2D eigenvalue weighted by molar-refractivity contribution is 0.342. The van der Waals surface area contributed by atoms with Gasteiger partial charge in [0.05, 0.1) is 12.3 Å². The maximum Gasteiger partial charge on any atom is 0.224 e. The van der Waals surface area contributed by atoms with Gasteiger partial charge in [-0.1, -0.05) is 12.1 Å². The van der Waals surface area contributed by atoms with E-state index in [9.17, 15) is 0 Å². The van der Waals surface area contributed by atoms with E-state index in [0.717, 1.165) is 17.0 Å². The van der Waals surface area contributed by atoms with Crippen molar-refractivity contribution >= 4 is 17.5 Å². The predicted octanol–water partition coefficient (Wildman–Crippen LogP) is 3.63. The SMILES string of the molecule is CCOc1ccccc1Nc1ccnc(NCc2ccncc2)n1. The molecule has 1 aromatic carbocycles. The molecule has 3 aromatic rings. The largest absolute Gasteiger partial charge is 0.492 e. The van der Waals surface area contributed by atoms with Gasteiger partial charge in [0.25, 0.3) is 0 Å². The average molecular weight is 321 g/mol. The molecule has 2 aromatic heterocycles. The van der Waals surface area contributed by atoms with E-state index in [0.29, 0.717) is 24.9 Å². The molecular weight excluding hydrogens is 302 g/mol.